The molecule has 2 aromatic rings. The molecule has 31 heavy (non-hydrogen) atoms. The van der Waals surface area contributed by atoms with Crippen LogP contribution in [0.5, 0.6) is 0 Å². The third kappa shape index (κ3) is 5.68. The van der Waals surface area contributed by atoms with Gasteiger partial charge in [0.25, 0.3) is 0 Å². The Bertz CT molecular complexity index is 915. The number of anilines is 2. The van der Waals surface area contributed by atoms with E-state index in [-0.39, 0.29) is 11.9 Å². The molecule has 0 unspecified atom stereocenters. The van der Waals surface area contributed by atoms with Crippen molar-refractivity contribution in [1.82, 2.24) is 15.1 Å². The second kappa shape index (κ2) is 10.0. The van der Waals surface area contributed by atoms with Crippen LogP contribution < -0.4 is 15.5 Å². The highest BCUT2D eigenvalue weighted by Crippen LogP contribution is 2.29. The van der Waals surface area contributed by atoms with Crippen molar-refractivity contribution in [3.8, 4) is 0 Å². The first kappa shape index (κ1) is 21.5. The number of halogens is 1. The van der Waals surface area contributed by atoms with Gasteiger partial charge in [0.05, 0.1) is 17.3 Å². The maximum absolute atomic E-state index is 12.7. The topological polar surface area (TPSA) is 67.9 Å². The number of nitrogens with zero attached hydrogens (tertiary/aromatic N) is 3. The summed E-state index contributed by atoms with van der Waals surface area (Å²) >= 11 is 6.44. The fraction of sp³-hybridized carbons (Fsp3) is 0.391. The number of carbonyl (C=O) groups excluding carboxylic acids is 2. The van der Waals surface area contributed by atoms with Crippen molar-refractivity contribution in [2.45, 2.75) is 6.42 Å². The lowest BCUT2D eigenvalue weighted by Crippen LogP contribution is -2.50. The first-order chi connectivity index (χ1) is 15.1. The molecular formula is C23H28ClN5O2. The molecule has 2 N–H and O–H groups in total. The average molecular weight is 442 g/mol. The van der Waals surface area contributed by atoms with E-state index in [0.29, 0.717) is 43.4 Å². The minimum Gasteiger partial charge on any atom is -0.359 e. The summed E-state index contributed by atoms with van der Waals surface area (Å²) in [6.45, 7) is 5.76. The SMILES string of the molecule is O=C1CN(c2ccc(NC(=O)N3CCN(CCc4ccccc4)CC3)cc2Cl)CCN1. The van der Waals surface area contributed by atoms with Crippen molar-refractivity contribution < 1.29 is 9.59 Å². The normalized spacial score (nSPS) is 17.4. The Kier molecular flexibility index (Phi) is 6.94. The van der Waals surface area contributed by atoms with E-state index in [1.54, 1.807) is 6.07 Å². The minimum atomic E-state index is -0.108. The molecule has 2 aromatic carbocycles. The van der Waals surface area contributed by atoms with Gasteiger partial charge in [0, 0.05) is 51.5 Å². The summed E-state index contributed by atoms with van der Waals surface area (Å²) in [5.74, 6) is -0.0115. The lowest BCUT2D eigenvalue weighted by molar-refractivity contribution is -0.120. The second-order valence-corrected chi connectivity index (χ2v) is 8.34. The van der Waals surface area contributed by atoms with E-state index in [1.807, 2.05) is 28.0 Å². The predicted molar refractivity (Wildman–Crippen MR) is 124 cm³/mol. The van der Waals surface area contributed by atoms with Gasteiger partial charge in [-0.05, 0) is 30.2 Å². The van der Waals surface area contributed by atoms with Crippen LogP contribution >= 0.6 is 11.6 Å². The molecule has 2 aliphatic heterocycles. The number of piperazine rings is 2. The molecule has 0 spiro atoms. The van der Waals surface area contributed by atoms with Gasteiger partial charge in [-0.25, -0.2) is 4.79 Å². The Labute approximate surface area is 187 Å². The molecule has 7 nitrogen and oxygen atoms in total. The van der Waals surface area contributed by atoms with E-state index >= 15 is 0 Å². The summed E-state index contributed by atoms with van der Waals surface area (Å²) < 4.78 is 0. The van der Waals surface area contributed by atoms with Gasteiger partial charge < -0.3 is 20.4 Å². The maximum Gasteiger partial charge on any atom is 0.321 e. The van der Waals surface area contributed by atoms with E-state index in [9.17, 15) is 9.59 Å². The van der Waals surface area contributed by atoms with Gasteiger partial charge >= 0.3 is 6.03 Å². The molecule has 0 saturated carbocycles. The van der Waals surface area contributed by atoms with Gasteiger partial charge in [-0.3, -0.25) is 9.69 Å². The molecule has 0 bridgehead atoms. The van der Waals surface area contributed by atoms with Crippen molar-refractivity contribution in [3.05, 3.63) is 59.1 Å². The number of urea groups is 1. The minimum absolute atomic E-state index is 0.0115. The monoisotopic (exact) mass is 441 g/mol. The largest absolute Gasteiger partial charge is 0.359 e. The first-order valence-electron chi connectivity index (χ1n) is 10.7. The number of carbonyl (C=O) groups is 2. The standard InChI is InChI=1S/C23H28ClN5O2/c24-20-16-19(6-7-21(20)29-11-9-25-22(30)17-29)26-23(31)28-14-12-27(13-15-28)10-8-18-4-2-1-3-5-18/h1-7,16H,8-15,17H2,(H,25,30)(H,26,31). The van der Waals surface area contributed by atoms with Crippen LogP contribution in [0.3, 0.4) is 0 Å². The number of hydrogen-bond donors (Lipinski definition) is 2. The summed E-state index contributed by atoms with van der Waals surface area (Å²) in [5, 5.41) is 6.28. The Morgan fingerprint density at radius 3 is 2.52 bits per heavy atom. The van der Waals surface area contributed by atoms with Gasteiger partial charge in [-0.2, -0.15) is 0 Å². The molecule has 8 heteroatoms. The predicted octanol–water partition coefficient (Wildman–Crippen LogP) is 2.67. The van der Waals surface area contributed by atoms with Crippen molar-refractivity contribution >= 4 is 34.9 Å². The summed E-state index contributed by atoms with van der Waals surface area (Å²) in [5.41, 5.74) is 2.81. The van der Waals surface area contributed by atoms with Gasteiger partial charge in [0.2, 0.25) is 5.91 Å². The molecule has 0 aromatic heterocycles. The summed E-state index contributed by atoms with van der Waals surface area (Å²) in [7, 11) is 0. The van der Waals surface area contributed by atoms with Crippen molar-refractivity contribution in [1.29, 1.82) is 0 Å². The summed E-state index contributed by atoms with van der Waals surface area (Å²) in [4.78, 5) is 30.5. The van der Waals surface area contributed by atoms with E-state index < -0.39 is 0 Å². The number of benzene rings is 2. The molecule has 2 saturated heterocycles. The van der Waals surface area contributed by atoms with Crippen molar-refractivity contribution in [2.24, 2.45) is 0 Å². The maximum atomic E-state index is 12.7. The number of rotatable bonds is 5. The lowest BCUT2D eigenvalue weighted by Gasteiger charge is -2.34. The number of amides is 3. The smallest absolute Gasteiger partial charge is 0.321 e. The van der Waals surface area contributed by atoms with E-state index in [2.05, 4.69) is 39.8 Å². The van der Waals surface area contributed by atoms with Crippen LogP contribution in [-0.2, 0) is 11.2 Å². The summed E-state index contributed by atoms with van der Waals surface area (Å²) in [6.07, 6.45) is 1.02. The van der Waals surface area contributed by atoms with Crippen LogP contribution in [0.1, 0.15) is 5.56 Å². The zero-order valence-corrected chi connectivity index (χ0v) is 18.3. The van der Waals surface area contributed by atoms with Gasteiger partial charge in [-0.15, -0.1) is 0 Å². The molecule has 4 rings (SSSR count). The van der Waals surface area contributed by atoms with Gasteiger partial charge in [0.1, 0.15) is 0 Å². The van der Waals surface area contributed by atoms with Crippen LogP contribution in [0.2, 0.25) is 5.02 Å². The lowest BCUT2D eigenvalue weighted by atomic mass is 10.1. The van der Waals surface area contributed by atoms with Crippen LogP contribution in [0, 0.1) is 0 Å². The third-order valence-corrected chi connectivity index (χ3v) is 6.10. The van der Waals surface area contributed by atoms with Crippen molar-refractivity contribution in [3.63, 3.8) is 0 Å². The van der Waals surface area contributed by atoms with E-state index in [4.69, 9.17) is 11.6 Å². The third-order valence-electron chi connectivity index (χ3n) is 5.80. The Morgan fingerprint density at radius 2 is 1.81 bits per heavy atom. The molecule has 0 atom stereocenters. The zero-order chi connectivity index (χ0) is 21.6. The number of hydrogen-bond acceptors (Lipinski definition) is 4. The molecule has 2 aliphatic rings. The molecular weight excluding hydrogens is 414 g/mol. The molecule has 2 fully saturated rings. The van der Waals surface area contributed by atoms with Crippen LogP contribution in [0.15, 0.2) is 48.5 Å². The average Bonchev–Trinajstić information content (AvgIpc) is 2.79. The van der Waals surface area contributed by atoms with Crippen LogP contribution in [0.25, 0.3) is 0 Å². The molecule has 3 amide bonds. The second-order valence-electron chi connectivity index (χ2n) is 7.93. The first-order valence-corrected chi connectivity index (χ1v) is 11.1. The van der Waals surface area contributed by atoms with E-state index in [0.717, 1.165) is 31.7 Å². The highest BCUT2D eigenvalue weighted by molar-refractivity contribution is 6.33. The van der Waals surface area contributed by atoms with Gasteiger partial charge in [0.15, 0.2) is 0 Å². The molecule has 0 radical (unpaired) electrons. The van der Waals surface area contributed by atoms with Crippen molar-refractivity contribution in [2.75, 3.05) is 62.6 Å². The van der Waals surface area contributed by atoms with E-state index in [1.165, 1.54) is 5.56 Å². The highest BCUT2D eigenvalue weighted by Gasteiger charge is 2.22. The van der Waals surface area contributed by atoms with Crippen LogP contribution in [-0.4, -0.2) is 74.1 Å². The summed E-state index contributed by atoms with van der Waals surface area (Å²) in [6, 6.07) is 15.8. The number of nitrogens with one attached hydrogen (secondary N) is 2. The molecule has 164 valence electrons. The fourth-order valence-electron chi connectivity index (χ4n) is 3.99. The molecule has 0 aliphatic carbocycles. The Balaban J connectivity index is 1.26. The Morgan fingerprint density at radius 1 is 1.03 bits per heavy atom. The zero-order valence-electron chi connectivity index (χ0n) is 17.5. The molecule has 2 heterocycles. The van der Waals surface area contributed by atoms with Crippen LogP contribution in [0.4, 0.5) is 16.2 Å². The quantitative estimate of drug-likeness (QED) is 0.748. The fourth-order valence-corrected chi connectivity index (χ4v) is 4.29. The highest BCUT2D eigenvalue weighted by atomic mass is 35.5. The Hall–Kier alpha value is -2.77. The van der Waals surface area contributed by atoms with Gasteiger partial charge in [-0.1, -0.05) is 41.9 Å².